The van der Waals surface area contributed by atoms with Crippen LogP contribution in [0.3, 0.4) is 0 Å². The maximum Gasteiger partial charge on any atom is 0.235 e. The number of hydrogen-bond donors (Lipinski definition) is 1. The van der Waals surface area contributed by atoms with Crippen molar-refractivity contribution in [1.29, 1.82) is 0 Å². The van der Waals surface area contributed by atoms with Crippen molar-refractivity contribution in [2.75, 3.05) is 5.88 Å². The summed E-state index contributed by atoms with van der Waals surface area (Å²) in [5.41, 5.74) is 0. The average Bonchev–Trinajstić information content (AvgIpc) is 2.56. The van der Waals surface area contributed by atoms with E-state index in [2.05, 4.69) is 5.32 Å². The van der Waals surface area contributed by atoms with E-state index < -0.39 is 0 Å². The zero-order valence-corrected chi connectivity index (χ0v) is 7.47. The molecule has 1 atom stereocenters. The molecule has 0 aromatic carbocycles. The van der Waals surface area contributed by atoms with E-state index in [1.807, 2.05) is 6.92 Å². The highest BCUT2D eigenvalue weighted by molar-refractivity contribution is 6.27. The van der Waals surface area contributed by atoms with Gasteiger partial charge >= 0.3 is 0 Å². The molecule has 1 rings (SSSR count). The molecule has 0 bridgehead atoms. The lowest BCUT2D eigenvalue weighted by Crippen LogP contribution is -2.27. The largest absolute Gasteiger partial charge is 0.467 e. The SMILES string of the molecule is C[C@@H](NC(=O)CCl)c1ccco1. The first-order chi connectivity index (χ1) is 5.74. The van der Waals surface area contributed by atoms with Crippen LogP contribution in [0.4, 0.5) is 0 Å². The molecule has 0 saturated heterocycles. The molecular weight excluding hydrogens is 178 g/mol. The molecule has 1 amide bonds. The van der Waals surface area contributed by atoms with Crippen LogP contribution in [0.2, 0.25) is 0 Å². The topological polar surface area (TPSA) is 42.2 Å². The predicted octanol–water partition coefficient (Wildman–Crippen LogP) is 1.70. The first-order valence-electron chi connectivity index (χ1n) is 3.62. The summed E-state index contributed by atoms with van der Waals surface area (Å²) >= 11 is 5.31. The third kappa shape index (κ3) is 2.27. The lowest BCUT2D eigenvalue weighted by molar-refractivity contribution is -0.119. The number of carbonyl (C=O) groups excluding carboxylic acids is 1. The normalized spacial score (nSPS) is 12.5. The fourth-order valence-corrected chi connectivity index (χ4v) is 0.966. The molecule has 1 aromatic heterocycles. The van der Waals surface area contributed by atoms with Crippen molar-refractivity contribution in [1.82, 2.24) is 5.32 Å². The molecule has 0 aliphatic carbocycles. The molecule has 4 heteroatoms. The number of rotatable bonds is 3. The lowest BCUT2D eigenvalue weighted by atomic mass is 10.2. The molecule has 0 spiro atoms. The molecule has 3 nitrogen and oxygen atoms in total. The number of amides is 1. The molecule has 0 unspecified atom stereocenters. The Bertz CT molecular complexity index is 246. The summed E-state index contributed by atoms with van der Waals surface area (Å²) in [6, 6.07) is 3.46. The van der Waals surface area contributed by atoms with Crippen LogP contribution in [0.1, 0.15) is 18.7 Å². The van der Waals surface area contributed by atoms with Gasteiger partial charge in [-0.05, 0) is 19.1 Å². The molecule has 66 valence electrons. The van der Waals surface area contributed by atoms with Crippen molar-refractivity contribution in [3.05, 3.63) is 24.2 Å². The van der Waals surface area contributed by atoms with Crippen molar-refractivity contribution in [3.8, 4) is 0 Å². The van der Waals surface area contributed by atoms with Gasteiger partial charge in [0.05, 0.1) is 12.3 Å². The zero-order valence-electron chi connectivity index (χ0n) is 6.71. The van der Waals surface area contributed by atoms with Gasteiger partial charge in [0, 0.05) is 0 Å². The van der Waals surface area contributed by atoms with E-state index in [0.29, 0.717) is 0 Å². The van der Waals surface area contributed by atoms with Crippen LogP contribution in [-0.2, 0) is 4.79 Å². The van der Waals surface area contributed by atoms with E-state index in [1.165, 1.54) is 0 Å². The Morgan fingerprint density at radius 2 is 2.58 bits per heavy atom. The number of halogens is 1. The number of furan rings is 1. The first kappa shape index (κ1) is 9.13. The average molecular weight is 188 g/mol. The summed E-state index contributed by atoms with van der Waals surface area (Å²) in [6.07, 6.45) is 1.57. The fraction of sp³-hybridized carbons (Fsp3) is 0.375. The second-order valence-electron chi connectivity index (χ2n) is 2.44. The van der Waals surface area contributed by atoms with Gasteiger partial charge in [0.25, 0.3) is 0 Å². The molecular formula is C8H10ClNO2. The fourth-order valence-electron chi connectivity index (χ4n) is 0.889. The Morgan fingerprint density at radius 1 is 1.83 bits per heavy atom. The van der Waals surface area contributed by atoms with Crippen molar-refractivity contribution in [2.24, 2.45) is 0 Å². The number of nitrogens with one attached hydrogen (secondary N) is 1. The quantitative estimate of drug-likeness (QED) is 0.732. The molecule has 0 fully saturated rings. The van der Waals surface area contributed by atoms with E-state index in [1.54, 1.807) is 18.4 Å². The van der Waals surface area contributed by atoms with Gasteiger partial charge in [0.2, 0.25) is 5.91 Å². The molecule has 0 aliphatic heterocycles. The van der Waals surface area contributed by atoms with Crippen LogP contribution >= 0.6 is 11.6 Å². The predicted molar refractivity (Wildman–Crippen MR) is 46.0 cm³/mol. The molecule has 1 heterocycles. The standard InChI is InChI=1S/C8H10ClNO2/c1-6(10-8(11)5-9)7-3-2-4-12-7/h2-4,6H,5H2,1H3,(H,10,11)/t6-/m1/s1. The smallest absolute Gasteiger partial charge is 0.235 e. The maximum absolute atomic E-state index is 10.8. The number of hydrogen-bond acceptors (Lipinski definition) is 2. The minimum Gasteiger partial charge on any atom is -0.467 e. The Labute approximate surface area is 75.7 Å². The van der Waals surface area contributed by atoms with E-state index in [0.717, 1.165) is 5.76 Å². The third-order valence-electron chi connectivity index (χ3n) is 1.47. The lowest BCUT2D eigenvalue weighted by Gasteiger charge is -2.08. The van der Waals surface area contributed by atoms with Crippen molar-refractivity contribution >= 4 is 17.5 Å². The summed E-state index contributed by atoms with van der Waals surface area (Å²) in [7, 11) is 0. The maximum atomic E-state index is 10.8. The summed E-state index contributed by atoms with van der Waals surface area (Å²) in [5, 5.41) is 2.67. The highest BCUT2D eigenvalue weighted by atomic mass is 35.5. The van der Waals surface area contributed by atoms with E-state index >= 15 is 0 Å². The van der Waals surface area contributed by atoms with Gasteiger partial charge in [-0.25, -0.2) is 0 Å². The van der Waals surface area contributed by atoms with Gasteiger partial charge in [-0.2, -0.15) is 0 Å². The van der Waals surface area contributed by atoms with Crippen LogP contribution in [0, 0.1) is 0 Å². The van der Waals surface area contributed by atoms with Crippen molar-refractivity contribution < 1.29 is 9.21 Å². The highest BCUT2D eigenvalue weighted by Crippen LogP contribution is 2.11. The second kappa shape index (κ2) is 4.16. The second-order valence-corrected chi connectivity index (χ2v) is 2.71. The Morgan fingerprint density at radius 3 is 3.08 bits per heavy atom. The molecule has 1 aromatic rings. The summed E-state index contributed by atoms with van der Waals surface area (Å²) in [5.74, 6) is 0.513. The van der Waals surface area contributed by atoms with Gasteiger partial charge in [0.15, 0.2) is 0 Å². The molecule has 0 aliphatic rings. The highest BCUT2D eigenvalue weighted by Gasteiger charge is 2.09. The van der Waals surface area contributed by atoms with Gasteiger partial charge in [0.1, 0.15) is 11.6 Å². The van der Waals surface area contributed by atoms with Crippen LogP contribution in [-0.4, -0.2) is 11.8 Å². The molecule has 0 saturated carbocycles. The van der Waals surface area contributed by atoms with E-state index in [4.69, 9.17) is 16.0 Å². The van der Waals surface area contributed by atoms with Gasteiger partial charge in [-0.15, -0.1) is 11.6 Å². The van der Waals surface area contributed by atoms with E-state index in [9.17, 15) is 4.79 Å². The Hall–Kier alpha value is -0.960. The zero-order chi connectivity index (χ0) is 8.97. The number of alkyl halides is 1. The molecule has 12 heavy (non-hydrogen) atoms. The molecule has 1 N–H and O–H groups in total. The third-order valence-corrected chi connectivity index (χ3v) is 1.71. The minimum atomic E-state index is -0.194. The summed E-state index contributed by atoms with van der Waals surface area (Å²) < 4.78 is 5.08. The van der Waals surface area contributed by atoms with Crippen LogP contribution < -0.4 is 5.32 Å². The first-order valence-corrected chi connectivity index (χ1v) is 4.16. The monoisotopic (exact) mass is 187 g/mol. The van der Waals surface area contributed by atoms with Gasteiger partial charge < -0.3 is 9.73 Å². The summed E-state index contributed by atoms with van der Waals surface area (Å²) in [4.78, 5) is 10.8. The van der Waals surface area contributed by atoms with Crippen LogP contribution in [0.25, 0.3) is 0 Å². The van der Waals surface area contributed by atoms with Crippen molar-refractivity contribution in [3.63, 3.8) is 0 Å². The Kier molecular flexibility index (Phi) is 3.17. The van der Waals surface area contributed by atoms with Gasteiger partial charge in [-0.3, -0.25) is 4.79 Å². The molecule has 0 radical (unpaired) electrons. The summed E-state index contributed by atoms with van der Waals surface area (Å²) in [6.45, 7) is 1.84. The minimum absolute atomic E-state index is 0.0228. The van der Waals surface area contributed by atoms with Gasteiger partial charge in [-0.1, -0.05) is 0 Å². The van der Waals surface area contributed by atoms with Crippen LogP contribution in [0.15, 0.2) is 22.8 Å². The van der Waals surface area contributed by atoms with Crippen molar-refractivity contribution in [2.45, 2.75) is 13.0 Å². The van der Waals surface area contributed by atoms with E-state index in [-0.39, 0.29) is 17.8 Å². The van der Waals surface area contributed by atoms with Crippen LogP contribution in [0.5, 0.6) is 0 Å². The number of carbonyl (C=O) groups is 1. The Balaban J connectivity index is 2.49.